The van der Waals surface area contributed by atoms with Crippen LogP contribution in [0.4, 0.5) is 5.69 Å². The number of carbonyl (C=O) groups is 1. The molecule has 2 aromatic carbocycles. The van der Waals surface area contributed by atoms with Crippen molar-refractivity contribution in [3.63, 3.8) is 0 Å². The van der Waals surface area contributed by atoms with Crippen molar-refractivity contribution in [1.29, 1.82) is 0 Å². The second-order valence-corrected chi connectivity index (χ2v) is 7.44. The highest BCUT2D eigenvalue weighted by molar-refractivity contribution is 6.30. The molecule has 1 amide bonds. The minimum absolute atomic E-state index is 0.0433. The van der Waals surface area contributed by atoms with Crippen LogP contribution in [0.1, 0.15) is 29.5 Å². The number of halogens is 1. The summed E-state index contributed by atoms with van der Waals surface area (Å²) < 4.78 is 0. The number of amides is 1. The summed E-state index contributed by atoms with van der Waals surface area (Å²) in [5.41, 5.74) is 4.48. The summed E-state index contributed by atoms with van der Waals surface area (Å²) in [5, 5.41) is 3.87. The molecule has 132 valence electrons. The van der Waals surface area contributed by atoms with Crippen molar-refractivity contribution >= 4 is 23.2 Å². The van der Waals surface area contributed by atoms with Gasteiger partial charge < -0.3 is 5.32 Å². The topological polar surface area (TPSA) is 32.3 Å². The van der Waals surface area contributed by atoms with Crippen molar-refractivity contribution in [2.75, 3.05) is 18.4 Å². The third kappa shape index (κ3) is 4.83. The quantitative estimate of drug-likeness (QED) is 0.852. The molecule has 0 aliphatic carbocycles. The van der Waals surface area contributed by atoms with E-state index in [-0.39, 0.29) is 11.8 Å². The molecule has 3 rings (SSSR count). The molecule has 0 aromatic heterocycles. The minimum atomic E-state index is 0.0433. The Kier molecular flexibility index (Phi) is 5.77. The van der Waals surface area contributed by atoms with E-state index in [2.05, 4.69) is 35.3 Å². The van der Waals surface area contributed by atoms with E-state index in [0.29, 0.717) is 0 Å². The number of aryl methyl sites for hydroxylation is 2. The van der Waals surface area contributed by atoms with Gasteiger partial charge in [0.25, 0.3) is 0 Å². The lowest BCUT2D eigenvalue weighted by Gasteiger charge is -2.32. The zero-order valence-corrected chi connectivity index (χ0v) is 15.6. The highest BCUT2D eigenvalue weighted by Gasteiger charge is 2.26. The van der Waals surface area contributed by atoms with Crippen molar-refractivity contribution in [2.45, 2.75) is 33.2 Å². The fourth-order valence-corrected chi connectivity index (χ4v) is 3.58. The van der Waals surface area contributed by atoms with Gasteiger partial charge in [-0.05, 0) is 62.6 Å². The number of anilines is 1. The van der Waals surface area contributed by atoms with Crippen molar-refractivity contribution in [3.8, 4) is 0 Å². The van der Waals surface area contributed by atoms with Gasteiger partial charge in [0.2, 0.25) is 5.91 Å². The first-order valence-electron chi connectivity index (χ1n) is 8.86. The first kappa shape index (κ1) is 18.0. The maximum atomic E-state index is 12.7. The van der Waals surface area contributed by atoms with Gasteiger partial charge in [-0.1, -0.05) is 41.4 Å². The molecular weight excluding hydrogens is 332 g/mol. The molecule has 0 spiro atoms. The van der Waals surface area contributed by atoms with Crippen LogP contribution in [0.5, 0.6) is 0 Å². The van der Waals surface area contributed by atoms with Crippen LogP contribution >= 0.6 is 11.6 Å². The van der Waals surface area contributed by atoms with Gasteiger partial charge >= 0.3 is 0 Å². The molecule has 2 aromatic rings. The van der Waals surface area contributed by atoms with E-state index < -0.39 is 0 Å². The second kappa shape index (κ2) is 8.03. The molecule has 25 heavy (non-hydrogen) atoms. The Balaban J connectivity index is 1.60. The van der Waals surface area contributed by atoms with E-state index in [1.807, 2.05) is 31.2 Å². The molecule has 0 radical (unpaired) electrons. The zero-order chi connectivity index (χ0) is 17.8. The molecule has 4 heteroatoms. The number of piperidine rings is 1. The number of hydrogen-bond donors (Lipinski definition) is 1. The molecular formula is C21H25ClN2O. The Hall–Kier alpha value is -1.84. The van der Waals surface area contributed by atoms with E-state index in [9.17, 15) is 4.79 Å². The van der Waals surface area contributed by atoms with Gasteiger partial charge in [0.1, 0.15) is 0 Å². The predicted octanol–water partition coefficient (Wildman–Crippen LogP) is 4.81. The Labute approximate surface area is 155 Å². The fraction of sp³-hybridized carbons (Fsp3) is 0.381. The van der Waals surface area contributed by atoms with Crippen LogP contribution in [0, 0.1) is 19.8 Å². The summed E-state index contributed by atoms with van der Waals surface area (Å²) in [7, 11) is 0. The Bertz CT molecular complexity index is 742. The van der Waals surface area contributed by atoms with Crippen LogP contribution in [0.25, 0.3) is 0 Å². The average Bonchev–Trinajstić information content (AvgIpc) is 2.60. The molecule has 1 aliphatic rings. The molecule has 1 aliphatic heterocycles. The van der Waals surface area contributed by atoms with Crippen molar-refractivity contribution < 1.29 is 4.79 Å². The van der Waals surface area contributed by atoms with Gasteiger partial charge in [-0.15, -0.1) is 0 Å². The Morgan fingerprint density at radius 1 is 1.20 bits per heavy atom. The van der Waals surface area contributed by atoms with Crippen molar-refractivity contribution in [2.24, 2.45) is 5.92 Å². The standard InChI is InChI=1S/C21H25ClN2O/c1-15-5-10-20(16(2)12-15)23-21(25)18-4-3-11-24(14-18)13-17-6-8-19(22)9-7-17/h5-10,12,18H,3-4,11,13-14H2,1-2H3,(H,23,25). The zero-order valence-electron chi connectivity index (χ0n) is 14.9. The SMILES string of the molecule is Cc1ccc(NC(=O)C2CCCN(Cc3ccc(Cl)cc3)C2)c(C)c1. The van der Waals surface area contributed by atoms with Crippen LogP contribution in [-0.4, -0.2) is 23.9 Å². The van der Waals surface area contributed by atoms with Crippen molar-refractivity contribution in [3.05, 3.63) is 64.2 Å². The number of rotatable bonds is 4. The van der Waals surface area contributed by atoms with Gasteiger partial charge in [-0.2, -0.15) is 0 Å². The molecule has 1 atom stereocenters. The maximum Gasteiger partial charge on any atom is 0.228 e. The summed E-state index contributed by atoms with van der Waals surface area (Å²) in [4.78, 5) is 15.1. The highest BCUT2D eigenvalue weighted by Crippen LogP contribution is 2.22. The van der Waals surface area contributed by atoms with Crippen molar-refractivity contribution in [1.82, 2.24) is 4.90 Å². The van der Waals surface area contributed by atoms with Crippen LogP contribution in [-0.2, 0) is 11.3 Å². The molecule has 1 unspecified atom stereocenters. The second-order valence-electron chi connectivity index (χ2n) is 7.01. The molecule has 1 N–H and O–H groups in total. The summed E-state index contributed by atoms with van der Waals surface area (Å²) in [6, 6.07) is 14.1. The monoisotopic (exact) mass is 356 g/mol. The number of nitrogens with one attached hydrogen (secondary N) is 1. The lowest BCUT2D eigenvalue weighted by molar-refractivity contribution is -0.121. The maximum absolute atomic E-state index is 12.7. The highest BCUT2D eigenvalue weighted by atomic mass is 35.5. The van der Waals surface area contributed by atoms with Crippen LogP contribution in [0.2, 0.25) is 5.02 Å². The summed E-state index contributed by atoms with van der Waals surface area (Å²) >= 11 is 5.95. The van der Waals surface area contributed by atoms with Gasteiger partial charge in [0.05, 0.1) is 5.92 Å². The molecule has 3 nitrogen and oxygen atoms in total. The fourth-order valence-electron chi connectivity index (χ4n) is 3.45. The summed E-state index contributed by atoms with van der Waals surface area (Å²) in [6.07, 6.45) is 2.01. The average molecular weight is 357 g/mol. The van der Waals surface area contributed by atoms with E-state index in [4.69, 9.17) is 11.6 Å². The third-order valence-electron chi connectivity index (χ3n) is 4.84. The molecule has 1 fully saturated rings. The van der Waals surface area contributed by atoms with Gasteiger partial charge in [0.15, 0.2) is 0 Å². The third-order valence-corrected chi connectivity index (χ3v) is 5.09. The predicted molar refractivity (Wildman–Crippen MR) is 104 cm³/mol. The number of hydrogen-bond acceptors (Lipinski definition) is 2. The number of benzene rings is 2. The normalized spacial score (nSPS) is 18.1. The first-order chi connectivity index (χ1) is 12.0. The summed E-state index contributed by atoms with van der Waals surface area (Å²) in [5.74, 6) is 0.175. The number of nitrogens with zero attached hydrogens (tertiary/aromatic N) is 1. The van der Waals surface area contributed by atoms with Gasteiger partial charge in [0, 0.05) is 23.8 Å². The van der Waals surface area contributed by atoms with E-state index in [1.165, 1.54) is 11.1 Å². The smallest absolute Gasteiger partial charge is 0.228 e. The molecule has 0 saturated carbocycles. The van der Waals surface area contributed by atoms with E-state index >= 15 is 0 Å². The van der Waals surface area contributed by atoms with E-state index in [1.54, 1.807) is 0 Å². The molecule has 1 saturated heterocycles. The van der Waals surface area contributed by atoms with E-state index in [0.717, 1.165) is 48.7 Å². The van der Waals surface area contributed by atoms with Gasteiger partial charge in [-0.25, -0.2) is 0 Å². The van der Waals surface area contributed by atoms with Crippen LogP contribution < -0.4 is 5.32 Å². The molecule has 0 bridgehead atoms. The van der Waals surface area contributed by atoms with Crippen LogP contribution in [0.3, 0.4) is 0 Å². The lowest BCUT2D eigenvalue weighted by Crippen LogP contribution is -2.40. The van der Waals surface area contributed by atoms with Gasteiger partial charge in [-0.3, -0.25) is 9.69 Å². The molecule has 1 heterocycles. The minimum Gasteiger partial charge on any atom is -0.326 e. The lowest BCUT2D eigenvalue weighted by atomic mass is 9.96. The Morgan fingerprint density at radius 2 is 1.96 bits per heavy atom. The van der Waals surface area contributed by atoms with Crippen LogP contribution in [0.15, 0.2) is 42.5 Å². The Morgan fingerprint density at radius 3 is 2.68 bits per heavy atom. The summed E-state index contributed by atoms with van der Waals surface area (Å²) in [6.45, 7) is 6.81. The number of likely N-dealkylation sites (tertiary alicyclic amines) is 1. The first-order valence-corrected chi connectivity index (χ1v) is 9.24. The largest absolute Gasteiger partial charge is 0.326 e. The number of carbonyl (C=O) groups excluding carboxylic acids is 1.